The van der Waals surface area contributed by atoms with E-state index in [4.69, 9.17) is 30.5 Å². The van der Waals surface area contributed by atoms with E-state index in [-0.39, 0.29) is 30.7 Å². The summed E-state index contributed by atoms with van der Waals surface area (Å²) in [6, 6.07) is 13.5. The fourth-order valence-electron chi connectivity index (χ4n) is 5.65. The van der Waals surface area contributed by atoms with Crippen LogP contribution in [0.25, 0.3) is 0 Å². The van der Waals surface area contributed by atoms with Crippen LogP contribution in [0.1, 0.15) is 44.2 Å². The van der Waals surface area contributed by atoms with Crippen molar-refractivity contribution < 1.29 is 40.9 Å². The number of hydrogen-bond acceptors (Lipinski definition) is 10. The molecule has 3 aromatic carbocycles. The van der Waals surface area contributed by atoms with E-state index in [9.17, 15) is 13.2 Å². The summed E-state index contributed by atoms with van der Waals surface area (Å²) in [6.07, 6.45) is 1.21. The number of amides is 1. The first-order chi connectivity index (χ1) is 23.7. The molecular weight excluding hydrogens is 714 g/mol. The second kappa shape index (κ2) is 15.4. The zero-order chi connectivity index (χ0) is 36.2. The number of carbonyl (C=O) groups excluding carboxylic acids is 1. The van der Waals surface area contributed by atoms with Gasteiger partial charge in [0.1, 0.15) is 23.4 Å². The van der Waals surface area contributed by atoms with E-state index in [0.29, 0.717) is 47.2 Å². The number of halogens is 3. The highest BCUT2D eigenvalue weighted by Crippen LogP contribution is 2.37. The maximum Gasteiger partial charge on any atom is 0.410 e. The van der Waals surface area contributed by atoms with Crippen molar-refractivity contribution in [1.82, 2.24) is 14.3 Å². The average Bonchev–Trinajstić information content (AvgIpc) is 3.61. The summed E-state index contributed by atoms with van der Waals surface area (Å²) in [5.74, 6) is -2.89. The van der Waals surface area contributed by atoms with Crippen LogP contribution in [0.5, 0.6) is 17.2 Å². The van der Waals surface area contributed by atoms with Crippen LogP contribution < -0.4 is 18.5 Å². The first-order valence-electron chi connectivity index (χ1n) is 15.6. The van der Waals surface area contributed by atoms with Crippen molar-refractivity contribution in [2.45, 2.75) is 50.2 Å². The van der Waals surface area contributed by atoms with Crippen LogP contribution in [0.4, 0.5) is 18.7 Å². The van der Waals surface area contributed by atoms with Gasteiger partial charge >= 0.3 is 6.09 Å². The number of hydrogen-bond donors (Lipinski definition) is 0. The average molecular weight is 751 g/mol. The molecule has 0 radical (unpaired) electrons. The summed E-state index contributed by atoms with van der Waals surface area (Å²) >= 11 is 6.90. The Bertz CT molecular complexity index is 1890. The number of ether oxygens (including phenoxy) is 4. The molecule has 1 aromatic heterocycles. The largest absolute Gasteiger partial charge is 0.497 e. The number of likely N-dealkylation sites (tertiary alicyclic amines) is 1. The van der Waals surface area contributed by atoms with Gasteiger partial charge < -0.3 is 23.8 Å². The molecule has 0 spiro atoms. The molecule has 1 aliphatic heterocycles. The van der Waals surface area contributed by atoms with E-state index in [1.165, 1.54) is 20.5 Å². The van der Waals surface area contributed by atoms with E-state index in [1.54, 1.807) is 56.0 Å². The summed E-state index contributed by atoms with van der Waals surface area (Å²) in [6.45, 7) is 5.44. The van der Waals surface area contributed by atoms with Gasteiger partial charge in [0, 0.05) is 47.2 Å². The van der Waals surface area contributed by atoms with E-state index in [0.717, 1.165) is 21.4 Å². The molecule has 1 aliphatic rings. The quantitative estimate of drug-likeness (QED) is 0.156. The van der Waals surface area contributed by atoms with Crippen LogP contribution in [0.2, 0.25) is 5.02 Å². The molecule has 2 atom stereocenters. The minimum atomic E-state index is -4.59. The Kier molecular flexibility index (Phi) is 11.4. The summed E-state index contributed by atoms with van der Waals surface area (Å²) in [5.41, 5.74) is 0.659. The lowest BCUT2D eigenvalue weighted by atomic mass is 9.81. The molecule has 268 valence electrons. The lowest BCUT2D eigenvalue weighted by Gasteiger charge is -2.39. The third-order valence-electron chi connectivity index (χ3n) is 8.06. The molecule has 0 saturated carbocycles. The molecule has 1 amide bonds. The number of aromatic nitrogens is 2. The Labute approximate surface area is 298 Å². The molecule has 5 rings (SSSR count). The molecule has 1 fully saturated rings. The van der Waals surface area contributed by atoms with E-state index >= 15 is 8.78 Å². The fourth-order valence-corrected chi connectivity index (χ4v) is 7.93. The van der Waals surface area contributed by atoms with Gasteiger partial charge in [-0.2, -0.15) is 4.37 Å². The maximum atomic E-state index is 15.7. The predicted octanol–water partition coefficient (Wildman–Crippen LogP) is 7.30. The Balaban J connectivity index is 1.41. The molecule has 0 aliphatic carbocycles. The van der Waals surface area contributed by atoms with Crippen molar-refractivity contribution in [1.29, 1.82) is 0 Å². The standard InChI is InChI=1S/C34H37ClF2N4O7S2/c1-34(2,3)48-33(42)40-13-12-27(21-6-9-24(35)10-7-21)23(17-40)19-47-31-28(36)15-26(16-29(31)37)50(43,44)41(32-38-20-39-49-32)18-22-8-11-25(45-4)14-30(22)46-5/h6-11,14-16,20,23,27H,12-13,17-19H2,1-5H3. The van der Waals surface area contributed by atoms with Crippen molar-refractivity contribution in [3.63, 3.8) is 0 Å². The van der Waals surface area contributed by atoms with Crippen LogP contribution >= 0.6 is 23.1 Å². The van der Waals surface area contributed by atoms with Crippen molar-refractivity contribution in [3.8, 4) is 17.2 Å². The predicted molar refractivity (Wildman–Crippen MR) is 185 cm³/mol. The van der Waals surface area contributed by atoms with E-state index in [2.05, 4.69) is 9.36 Å². The molecule has 11 nitrogen and oxygen atoms in total. The Morgan fingerprint density at radius 1 is 1.06 bits per heavy atom. The van der Waals surface area contributed by atoms with Gasteiger partial charge in [-0.25, -0.2) is 31.3 Å². The minimum Gasteiger partial charge on any atom is -0.497 e. The number of anilines is 1. The topological polar surface area (TPSA) is 120 Å². The van der Waals surface area contributed by atoms with Gasteiger partial charge in [-0.05, 0) is 75.1 Å². The van der Waals surface area contributed by atoms with Crippen molar-refractivity contribution in [2.24, 2.45) is 5.92 Å². The zero-order valence-corrected chi connectivity index (χ0v) is 30.4. The smallest absolute Gasteiger partial charge is 0.410 e. The second-order valence-corrected chi connectivity index (χ2v) is 15.6. The van der Waals surface area contributed by atoms with Crippen LogP contribution in [-0.2, 0) is 21.3 Å². The highest BCUT2D eigenvalue weighted by Gasteiger charge is 2.36. The zero-order valence-electron chi connectivity index (χ0n) is 28.1. The molecule has 2 heterocycles. The van der Waals surface area contributed by atoms with Crippen molar-refractivity contribution in [3.05, 3.63) is 88.7 Å². The third-order valence-corrected chi connectivity index (χ3v) is 10.8. The van der Waals surface area contributed by atoms with Gasteiger partial charge in [0.05, 0.1) is 32.3 Å². The molecule has 0 N–H and O–H groups in total. The number of nitrogens with zero attached hydrogens (tertiary/aromatic N) is 4. The molecule has 1 saturated heterocycles. The Morgan fingerprint density at radius 3 is 2.36 bits per heavy atom. The van der Waals surface area contributed by atoms with Crippen LogP contribution in [-0.4, -0.2) is 68.3 Å². The molecule has 16 heteroatoms. The summed E-state index contributed by atoms with van der Waals surface area (Å²) in [4.78, 5) is 17.9. The monoisotopic (exact) mass is 750 g/mol. The molecule has 2 unspecified atom stereocenters. The van der Waals surface area contributed by atoms with Crippen LogP contribution in [0.15, 0.2) is 65.8 Å². The normalized spacial score (nSPS) is 16.5. The van der Waals surface area contributed by atoms with Gasteiger partial charge in [0.15, 0.2) is 17.4 Å². The van der Waals surface area contributed by atoms with Gasteiger partial charge in [-0.15, -0.1) is 0 Å². The minimum absolute atomic E-state index is 0.0240. The Morgan fingerprint density at radius 2 is 1.76 bits per heavy atom. The van der Waals surface area contributed by atoms with Gasteiger partial charge in [-0.1, -0.05) is 23.7 Å². The highest BCUT2D eigenvalue weighted by molar-refractivity contribution is 7.93. The van der Waals surface area contributed by atoms with Gasteiger partial charge in [-0.3, -0.25) is 0 Å². The Hall–Kier alpha value is -4.21. The van der Waals surface area contributed by atoms with E-state index < -0.39 is 49.9 Å². The highest BCUT2D eigenvalue weighted by atomic mass is 35.5. The van der Waals surface area contributed by atoms with Gasteiger partial charge in [0.25, 0.3) is 10.0 Å². The lowest BCUT2D eigenvalue weighted by molar-refractivity contribution is 0.0108. The first-order valence-corrected chi connectivity index (χ1v) is 18.1. The maximum absolute atomic E-state index is 15.7. The number of carbonyl (C=O) groups is 1. The van der Waals surface area contributed by atoms with E-state index in [1.807, 2.05) is 12.1 Å². The number of sulfonamides is 1. The number of rotatable bonds is 11. The summed E-state index contributed by atoms with van der Waals surface area (Å²) in [7, 11) is -1.69. The fraction of sp³-hybridized carbons (Fsp3) is 0.382. The van der Waals surface area contributed by atoms with Crippen molar-refractivity contribution in [2.75, 3.05) is 38.2 Å². The molecule has 4 aromatic rings. The molecular formula is C34H37ClF2N4O7S2. The third kappa shape index (κ3) is 8.56. The molecule has 50 heavy (non-hydrogen) atoms. The summed E-state index contributed by atoms with van der Waals surface area (Å²) in [5, 5.41) is 0.531. The number of benzene rings is 3. The second-order valence-electron chi connectivity index (χ2n) is 12.6. The van der Waals surface area contributed by atoms with Crippen molar-refractivity contribution >= 4 is 44.4 Å². The van der Waals surface area contributed by atoms with Gasteiger partial charge in [0.2, 0.25) is 5.13 Å². The number of methoxy groups -OCH3 is 2. The SMILES string of the molecule is COc1ccc(CN(c2ncns2)S(=O)(=O)c2cc(F)c(OCC3CN(C(=O)OC(C)(C)C)CCC3c3ccc(Cl)cc3)c(F)c2)c(OC)c1. The number of piperidine rings is 1. The molecule has 0 bridgehead atoms. The first kappa shape index (κ1) is 37.1. The van der Waals surface area contributed by atoms with Crippen LogP contribution in [0, 0.1) is 17.6 Å². The lowest BCUT2D eigenvalue weighted by Crippen LogP contribution is -2.46. The summed E-state index contributed by atoms with van der Waals surface area (Å²) < 4.78 is 86.1. The van der Waals surface area contributed by atoms with Crippen LogP contribution in [0.3, 0.4) is 0 Å².